The predicted octanol–water partition coefficient (Wildman–Crippen LogP) is 1.55. The lowest BCUT2D eigenvalue weighted by atomic mass is 10.0. The van der Waals surface area contributed by atoms with Gasteiger partial charge in [-0.15, -0.1) is 0 Å². The van der Waals surface area contributed by atoms with E-state index in [-0.39, 0.29) is 23.7 Å². The maximum atomic E-state index is 13.2. The van der Waals surface area contributed by atoms with Crippen LogP contribution in [0.25, 0.3) is 0 Å². The Labute approximate surface area is 158 Å². The molecule has 27 heavy (non-hydrogen) atoms. The van der Waals surface area contributed by atoms with E-state index >= 15 is 0 Å². The van der Waals surface area contributed by atoms with Crippen molar-refractivity contribution in [2.45, 2.75) is 25.8 Å². The van der Waals surface area contributed by atoms with Gasteiger partial charge in [0.25, 0.3) is 11.8 Å². The van der Waals surface area contributed by atoms with Gasteiger partial charge in [0, 0.05) is 30.1 Å². The summed E-state index contributed by atoms with van der Waals surface area (Å²) in [5.41, 5.74) is 2.15. The number of aryl methyl sites for hydroxylation is 1. The van der Waals surface area contributed by atoms with Gasteiger partial charge in [-0.25, -0.2) is 4.39 Å². The Bertz CT molecular complexity index is 817. The van der Waals surface area contributed by atoms with Crippen LogP contribution < -0.4 is 15.5 Å². The maximum Gasteiger partial charge on any atom is 0.279 e. The number of amides is 2. The Kier molecular flexibility index (Phi) is 6.19. The molecule has 0 radical (unpaired) electrons. The number of anilines is 1. The molecule has 2 aromatic carbocycles. The van der Waals surface area contributed by atoms with Crippen molar-refractivity contribution in [1.29, 1.82) is 0 Å². The normalized spacial score (nSPS) is 19.3. The van der Waals surface area contributed by atoms with Crippen molar-refractivity contribution in [3.8, 4) is 0 Å². The first kappa shape index (κ1) is 19.0. The summed E-state index contributed by atoms with van der Waals surface area (Å²) >= 11 is 0. The summed E-state index contributed by atoms with van der Waals surface area (Å²) in [5.74, 6) is -0.534. The van der Waals surface area contributed by atoms with Crippen molar-refractivity contribution >= 4 is 17.5 Å². The zero-order valence-electron chi connectivity index (χ0n) is 15.4. The van der Waals surface area contributed by atoms with Crippen LogP contribution in [0.3, 0.4) is 0 Å². The molecule has 1 aliphatic rings. The number of quaternary nitrogens is 1. The maximum absolute atomic E-state index is 13.2. The smallest absolute Gasteiger partial charge is 0.279 e. The molecule has 2 amide bonds. The first-order chi connectivity index (χ1) is 13.0. The molecular formula is C21H25FN3O2+. The Hall–Kier alpha value is -2.73. The number of piperidine rings is 1. The van der Waals surface area contributed by atoms with Crippen molar-refractivity contribution in [1.82, 2.24) is 5.32 Å². The van der Waals surface area contributed by atoms with Crippen LogP contribution in [0.5, 0.6) is 0 Å². The number of carbonyl (C=O) groups excluding carboxylic acids is 2. The minimum absolute atomic E-state index is 0.0367. The first-order valence-corrected chi connectivity index (χ1v) is 9.27. The number of benzene rings is 2. The highest BCUT2D eigenvalue weighted by atomic mass is 19.1. The van der Waals surface area contributed by atoms with Gasteiger partial charge in [0.05, 0.1) is 13.1 Å². The van der Waals surface area contributed by atoms with Crippen LogP contribution >= 0.6 is 0 Å². The van der Waals surface area contributed by atoms with Gasteiger partial charge < -0.3 is 15.5 Å². The van der Waals surface area contributed by atoms with Gasteiger partial charge in [-0.05, 0) is 36.8 Å². The number of carbonyl (C=O) groups is 2. The van der Waals surface area contributed by atoms with E-state index in [0.717, 1.165) is 31.5 Å². The second-order valence-electron chi connectivity index (χ2n) is 7.05. The molecule has 6 heteroatoms. The van der Waals surface area contributed by atoms with Crippen molar-refractivity contribution in [3.63, 3.8) is 0 Å². The van der Waals surface area contributed by atoms with E-state index in [1.807, 2.05) is 31.2 Å². The molecule has 0 saturated carbocycles. The van der Waals surface area contributed by atoms with E-state index in [1.54, 1.807) is 12.1 Å². The summed E-state index contributed by atoms with van der Waals surface area (Å²) in [6.45, 7) is 3.90. The number of likely N-dealkylation sites (tertiary alicyclic amines) is 1. The highest BCUT2D eigenvalue weighted by Crippen LogP contribution is 2.10. The van der Waals surface area contributed by atoms with E-state index in [0.29, 0.717) is 17.8 Å². The van der Waals surface area contributed by atoms with E-state index in [2.05, 4.69) is 10.6 Å². The zero-order valence-corrected chi connectivity index (χ0v) is 15.4. The molecule has 1 heterocycles. The average molecular weight is 370 g/mol. The minimum atomic E-state index is -0.370. The summed E-state index contributed by atoms with van der Waals surface area (Å²) in [5, 5.41) is 5.83. The van der Waals surface area contributed by atoms with Crippen molar-refractivity contribution in [3.05, 3.63) is 65.5 Å². The fourth-order valence-corrected chi connectivity index (χ4v) is 3.44. The zero-order chi connectivity index (χ0) is 19.2. The van der Waals surface area contributed by atoms with Gasteiger partial charge >= 0.3 is 0 Å². The topological polar surface area (TPSA) is 62.6 Å². The molecule has 0 aromatic heterocycles. The minimum Gasteiger partial charge on any atom is -0.349 e. The van der Waals surface area contributed by atoms with Crippen molar-refractivity contribution < 1.29 is 18.9 Å². The van der Waals surface area contributed by atoms with E-state index in [1.165, 1.54) is 17.0 Å². The summed E-state index contributed by atoms with van der Waals surface area (Å²) < 4.78 is 13.2. The fourth-order valence-electron chi connectivity index (χ4n) is 3.44. The van der Waals surface area contributed by atoms with Gasteiger partial charge in [-0.1, -0.05) is 24.3 Å². The predicted molar refractivity (Wildman–Crippen MR) is 102 cm³/mol. The lowest BCUT2D eigenvalue weighted by Gasteiger charge is -2.29. The van der Waals surface area contributed by atoms with Crippen LogP contribution in [0, 0.1) is 12.7 Å². The van der Waals surface area contributed by atoms with Crippen LogP contribution in [0.1, 0.15) is 28.8 Å². The molecule has 1 aliphatic heterocycles. The fraction of sp³-hybridized carbons (Fsp3) is 0.333. The van der Waals surface area contributed by atoms with Crippen LogP contribution in [0.15, 0.2) is 48.5 Å². The third kappa shape index (κ3) is 5.37. The second-order valence-corrected chi connectivity index (χ2v) is 7.05. The van der Waals surface area contributed by atoms with Gasteiger partial charge in [0.1, 0.15) is 5.82 Å². The Morgan fingerprint density at radius 1 is 1.11 bits per heavy atom. The van der Waals surface area contributed by atoms with Crippen LogP contribution in [-0.4, -0.2) is 37.5 Å². The Balaban J connectivity index is 1.44. The molecule has 1 fully saturated rings. The van der Waals surface area contributed by atoms with Gasteiger partial charge in [-0.3, -0.25) is 9.59 Å². The SMILES string of the molecule is Cc1ccccc1C(=O)NC1CC[NH+](CC(=O)Nc2cccc(F)c2)CC1. The first-order valence-electron chi connectivity index (χ1n) is 9.27. The number of rotatable bonds is 5. The van der Waals surface area contributed by atoms with Crippen molar-refractivity contribution in [2.24, 2.45) is 0 Å². The largest absolute Gasteiger partial charge is 0.349 e. The van der Waals surface area contributed by atoms with Crippen LogP contribution in [0.2, 0.25) is 0 Å². The lowest BCUT2D eigenvalue weighted by molar-refractivity contribution is -0.897. The van der Waals surface area contributed by atoms with Gasteiger partial charge in [0.15, 0.2) is 6.54 Å². The Morgan fingerprint density at radius 3 is 2.56 bits per heavy atom. The molecule has 142 valence electrons. The molecular weight excluding hydrogens is 345 g/mol. The molecule has 0 bridgehead atoms. The Morgan fingerprint density at radius 2 is 1.85 bits per heavy atom. The highest BCUT2D eigenvalue weighted by Gasteiger charge is 2.25. The van der Waals surface area contributed by atoms with E-state index in [4.69, 9.17) is 0 Å². The quantitative estimate of drug-likeness (QED) is 0.748. The highest BCUT2D eigenvalue weighted by molar-refractivity contribution is 5.95. The summed E-state index contributed by atoms with van der Waals surface area (Å²) in [4.78, 5) is 25.7. The molecule has 2 aromatic rings. The average Bonchev–Trinajstić information content (AvgIpc) is 2.63. The summed E-state index contributed by atoms with van der Waals surface area (Å²) in [6.07, 6.45) is 1.67. The molecule has 0 aliphatic carbocycles. The molecule has 5 nitrogen and oxygen atoms in total. The molecule has 0 spiro atoms. The number of hydrogen-bond acceptors (Lipinski definition) is 2. The van der Waals surface area contributed by atoms with Gasteiger partial charge in [0.2, 0.25) is 0 Å². The molecule has 3 N–H and O–H groups in total. The third-order valence-corrected chi connectivity index (χ3v) is 4.94. The number of halogens is 1. The summed E-state index contributed by atoms with van der Waals surface area (Å²) in [7, 11) is 0. The molecule has 0 unspecified atom stereocenters. The third-order valence-electron chi connectivity index (χ3n) is 4.94. The van der Waals surface area contributed by atoms with Gasteiger partial charge in [-0.2, -0.15) is 0 Å². The second kappa shape index (κ2) is 8.77. The lowest BCUT2D eigenvalue weighted by Crippen LogP contribution is -3.14. The molecule has 0 atom stereocenters. The summed E-state index contributed by atoms with van der Waals surface area (Å²) in [6, 6.07) is 13.6. The van der Waals surface area contributed by atoms with E-state index < -0.39 is 0 Å². The van der Waals surface area contributed by atoms with E-state index in [9.17, 15) is 14.0 Å². The van der Waals surface area contributed by atoms with Crippen LogP contribution in [-0.2, 0) is 4.79 Å². The number of hydrogen-bond donors (Lipinski definition) is 3. The van der Waals surface area contributed by atoms with Crippen molar-refractivity contribution in [2.75, 3.05) is 25.0 Å². The van der Waals surface area contributed by atoms with Crippen LogP contribution in [0.4, 0.5) is 10.1 Å². The monoisotopic (exact) mass is 370 g/mol. The molecule has 3 rings (SSSR count). The standard InChI is InChI=1S/C21H24FN3O2/c1-15-5-2-3-8-19(15)21(27)24-17-9-11-25(12-10-17)14-20(26)23-18-7-4-6-16(22)13-18/h2-8,13,17H,9-12,14H2,1H3,(H,23,26)(H,24,27)/p+1. The molecule has 1 saturated heterocycles. The number of nitrogens with one attached hydrogen (secondary N) is 3.